The number of methoxy groups -OCH3 is 1. The minimum atomic E-state index is -0.367. The van der Waals surface area contributed by atoms with Crippen LogP contribution in [0.5, 0.6) is 5.75 Å². The Labute approximate surface area is 173 Å². The van der Waals surface area contributed by atoms with Crippen molar-refractivity contribution in [2.24, 2.45) is 0 Å². The Kier molecular flexibility index (Phi) is 6.65. The normalized spacial score (nSPS) is 10.4. The van der Waals surface area contributed by atoms with E-state index in [1.807, 2.05) is 24.3 Å². The van der Waals surface area contributed by atoms with Crippen molar-refractivity contribution in [1.29, 1.82) is 5.26 Å². The molecule has 0 fully saturated rings. The lowest BCUT2D eigenvalue weighted by atomic mass is 10.1. The van der Waals surface area contributed by atoms with Crippen LogP contribution in [0, 0.1) is 17.1 Å². The fourth-order valence-corrected chi connectivity index (χ4v) is 3.12. The third kappa shape index (κ3) is 4.75. The second kappa shape index (κ2) is 9.56. The number of halogens is 1. The highest BCUT2D eigenvalue weighted by Crippen LogP contribution is 2.22. The van der Waals surface area contributed by atoms with Crippen LogP contribution in [0.4, 0.5) is 10.2 Å². The molecule has 0 atom stereocenters. The van der Waals surface area contributed by atoms with Crippen molar-refractivity contribution in [3.05, 3.63) is 71.2 Å². The number of aromatic nitrogens is 2. The van der Waals surface area contributed by atoms with Crippen LogP contribution < -0.4 is 15.8 Å². The zero-order valence-corrected chi connectivity index (χ0v) is 16.6. The quantitative estimate of drug-likeness (QED) is 0.559. The van der Waals surface area contributed by atoms with Gasteiger partial charge in [-0.2, -0.15) is 10.4 Å². The van der Waals surface area contributed by atoms with Crippen molar-refractivity contribution in [3.8, 4) is 17.5 Å². The van der Waals surface area contributed by atoms with Crippen molar-refractivity contribution in [3.63, 3.8) is 0 Å². The molecule has 0 saturated heterocycles. The number of nitrogens with two attached hydrogens (primary N) is 1. The third-order valence-corrected chi connectivity index (χ3v) is 4.63. The van der Waals surface area contributed by atoms with Gasteiger partial charge in [-0.25, -0.2) is 9.07 Å². The molecule has 1 heterocycles. The lowest BCUT2D eigenvalue weighted by molar-refractivity contribution is -0.120. The van der Waals surface area contributed by atoms with E-state index in [1.165, 1.54) is 16.8 Å². The Hall–Kier alpha value is -3.86. The number of nitrogen functional groups attached to an aromatic ring is 1. The predicted octanol–water partition coefficient (Wildman–Crippen LogP) is 2.77. The van der Waals surface area contributed by atoms with Crippen molar-refractivity contribution in [2.45, 2.75) is 19.3 Å². The number of ether oxygens (including phenoxy) is 1. The average Bonchev–Trinajstić information content (AvgIpc) is 3.07. The zero-order valence-electron chi connectivity index (χ0n) is 16.6. The van der Waals surface area contributed by atoms with Gasteiger partial charge < -0.3 is 15.8 Å². The number of anilines is 1. The number of para-hydroxylation sites is 1. The highest BCUT2D eigenvalue weighted by Gasteiger charge is 2.16. The number of nitrogens with one attached hydrogen (secondary N) is 1. The molecule has 1 amide bonds. The number of carbonyl (C=O) groups excluding carboxylic acids is 1. The number of hydrogen-bond donors (Lipinski definition) is 2. The monoisotopic (exact) mass is 407 g/mol. The molecule has 0 saturated carbocycles. The molecule has 30 heavy (non-hydrogen) atoms. The van der Waals surface area contributed by atoms with Gasteiger partial charge in [-0.1, -0.05) is 18.2 Å². The number of hydrogen-bond acceptors (Lipinski definition) is 5. The summed E-state index contributed by atoms with van der Waals surface area (Å²) >= 11 is 0. The minimum absolute atomic E-state index is 0.114. The van der Waals surface area contributed by atoms with Crippen molar-refractivity contribution >= 4 is 11.7 Å². The maximum absolute atomic E-state index is 13.1. The molecular formula is C22H22FN5O2. The van der Waals surface area contributed by atoms with E-state index < -0.39 is 0 Å². The molecule has 0 bridgehead atoms. The topological polar surface area (TPSA) is 106 Å². The van der Waals surface area contributed by atoms with Gasteiger partial charge in [-0.3, -0.25) is 4.79 Å². The fourth-order valence-electron chi connectivity index (χ4n) is 3.12. The Morgan fingerprint density at radius 3 is 2.70 bits per heavy atom. The number of benzene rings is 2. The highest BCUT2D eigenvalue weighted by atomic mass is 19.1. The van der Waals surface area contributed by atoms with Crippen LogP contribution in [0.2, 0.25) is 0 Å². The van der Waals surface area contributed by atoms with Crippen molar-refractivity contribution in [1.82, 2.24) is 15.1 Å². The molecule has 3 aromatic rings. The largest absolute Gasteiger partial charge is 0.496 e. The van der Waals surface area contributed by atoms with Gasteiger partial charge in [0, 0.05) is 12.1 Å². The molecule has 8 heteroatoms. The van der Waals surface area contributed by atoms with Crippen LogP contribution in [0.1, 0.15) is 23.2 Å². The average molecular weight is 407 g/mol. The van der Waals surface area contributed by atoms with Crippen LogP contribution in [-0.4, -0.2) is 29.3 Å². The Balaban J connectivity index is 1.58. The van der Waals surface area contributed by atoms with Gasteiger partial charge >= 0.3 is 0 Å². The molecular weight excluding hydrogens is 385 g/mol. The first kappa shape index (κ1) is 20.9. The van der Waals surface area contributed by atoms with E-state index in [-0.39, 0.29) is 24.0 Å². The zero-order chi connectivity index (χ0) is 21.5. The predicted molar refractivity (Wildman–Crippen MR) is 111 cm³/mol. The molecule has 3 N–H and O–H groups in total. The van der Waals surface area contributed by atoms with Crippen molar-refractivity contribution < 1.29 is 13.9 Å². The minimum Gasteiger partial charge on any atom is -0.496 e. The lowest BCUT2D eigenvalue weighted by Crippen LogP contribution is -2.26. The third-order valence-electron chi connectivity index (χ3n) is 4.63. The maximum atomic E-state index is 13.1. The van der Waals surface area contributed by atoms with Crippen molar-refractivity contribution in [2.75, 3.05) is 19.4 Å². The highest BCUT2D eigenvalue weighted by molar-refractivity contribution is 5.79. The second-order valence-electron chi connectivity index (χ2n) is 6.65. The summed E-state index contributed by atoms with van der Waals surface area (Å²) in [5.41, 5.74) is 8.27. The summed E-state index contributed by atoms with van der Waals surface area (Å²) in [4.78, 5) is 12.2. The molecule has 3 rings (SSSR count). The van der Waals surface area contributed by atoms with Gasteiger partial charge in [-0.05, 0) is 43.2 Å². The number of rotatable bonds is 8. The molecule has 7 nitrogen and oxygen atoms in total. The van der Waals surface area contributed by atoms with Crippen LogP contribution in [0.25, 0.3) is 5.69 Å². The summed E-state index contributed by atoms with van der Waals surface area (Å²) < 4.78 is 19.8. The molecule has 0 aliphatic carbocycles. The van der Waals surface area contributed by atoms with E-state index in [0.717, 1.165) is 5.56 Å². The van der Waals surface area contributed by atoms with E-state index in [4.69, 9.17) is 10.5 Å². The van der Waals surface area contributed by atoms with Crippen LogP contribution in [0.3, 0.4) is 0 Å². The smallest absolute Gasteiger partial charge is 0.224 e. The first-order valence-electron chi connectivity index (χ1n) is 9.45. The van der Waals surface area contributed by atoms with E-state index in [0.29, 0.717) is 42.1 Å². The van der Waals surface area contributed by atoms with Gasteiger partial charge in [-0.15, -0.1) is 0 Å². The summed E-state index contributed by atoms with van der Waals surface area (Å²) in [5, 5.41) is 16.7. The lowest BCUT2D eigenvalue weighted by Gasteiger charge is -2.08. The summed E-state index contributed by atoms with van der Waals surface area (Å²) in [6, 6.07) is 15.1. The molecule has 0 spiro atoms. The molecule has 1 aromatic heterocycles. The van der Waals surface area contributed by atoms with Crippen LogP contribution in [-0.2, 0) is 17.6 Å². The Bertz CT molecular complexity index is 1070. The van der Waals surface area contributed by atoms with E-state index in [9.17, 15) is 14.4 Å². The van der Waals surface area contributed by atoms with Gasteiger partial charge in [0.25, 0.3) is 0 Å². The van der Waals surface area contributed by atoms with Gasteiger partial charge in [0.2, 0.25) is 5.91 Å². The second-order valence-corrected chi connectivity index (χ2v) is 6.65. The summed E-state index contributed by atoms with van der Waals surface area (Å²) in [6.45, 7) is 0.433. The summed E-state index contributed by atoms with van der Waals surface area (Å²) in [5.74, 6) is 0.401. The number of carbonyl (C=O) groups is 1. The van der Waals surface area contributed by atoms with Crippen LogP contribution >= 0.6 is 0 Å². The van der Waals surface area contributed by atoms with Crippen LogP contribution in [0.15, 0.2) is 48.5 Å². The molecule has 2 aromatic carbocycles. The van der Waals surface area contributed by atoms with E-state index in [1.54, 1.807) is 19.2 Å². The van der Waals surface area contributed by atoms with E-state index >= 15 is 0 Å². The number of amides is 1. The molecule has 0 radical (unpaired) electrons. The number of nitrogens with zero attached hydrogens (tertiary/aromatic N) is 3. The SMILES string of the molecule is COc1ccccc1CC(=O)NCCCc1nn(-c2ccc(F)cc2)c(N)c1C#N. The fraction of sp³-hybridized carbons (Fsp3) is 0.227. The molecule has 0 aliphatic heterocycles. The Morgan fingerprint density at radius 2 is 2.00 bits per heavy atom. The first-order valence-corrected chi connectivity index (χ1v) is 9.45. The number of aryl methyl sites for hydroxylation is 1. The molecule has 154 valence electrons. The maximum Gasteiger partial charge on any atom is 0.224 e. The van der Waals surface area contributed by atoms with E-state index in [2.05, 4.69) is 16.5 Å². The van der Waals surface area contributed by atoms with Gasteiger partial charge in [0.05, 0.1) is 24.9 Å². The standard InChI is InChI=1S/C22H22FN5O2/c1-30-20-7-3-2-5-15(20)13-21(29)26-12-4-6-19-18(14-24)22(25)28(27-19)17-10-8-16(23)9-11-17/h2-3,5,7-11H,4,6,12-13,25H2,1H3,(H,26,29). The number of nitriles is 1. The summed E-state index contributed by atoms with van der Waals surface area (Å²) in [7, 11) is 1.57. The Morgan fingerprint density at radius 1 is 1.27 bits per heavy atom. The molecule has 0 aliphatic rings. The van der Waals surface area contributed by atoms with Gasteiger partial charge in [0.15, 0.2) is 0 Å². The van der Waals surface area contributed by atoms with Gasteiger partial charge in [0.1, 0.15) is 29.0 Å². The first-order chi connectivity index (χ1) is 14.5. The summed E-state index contributed by atoms with van der Waals surface area (Å²) in [6.07, 6.45) is 1.28. The molecule has 0 unspecified atom stereocenters.